The molecule has 1 heterocycles. The number of para-hydroxylation sites is 1. The summed E-state index contributed by atoms with van der Waals surface area (Å²) in [7, 11) is 0. The second-order valence-electron chi connectivity index (χ2n) is 4.81. The molecule has 0 aliphatic heterocycles. The Morgan fingerprint density at radius 1 is 1.17 bits per heavy atom. The lowest BCUT2D eigenvalue weighted by molar-refractivity contribution is 0.344. The Bertz CT molecular complexity index is 793. The second kappa shape index (κ2) is 7.48. The predicted molar refractivity (Wildman–Crippen MR) is 91.6 cm³/mol. The van der Waals surface area contributed by atoms with Gasteiger partial charge in [-0.1, -0.05) is 47.6 Å². The van der Waals surface area contributed by atoms with E-state index in [0.717, 1.165) is 27.9 Å². The number of ether oxygens (including phenoxy) is 1. The van der Waals surface area contributed by atoms with Crippen molar-refractivity contribution in [3.8, 4) is 11.4 Å². The summed E-state index contributed by atoms with van der Waals surface area (Å²) in [4.78, 5) is 0. The maximum atomic E-state index is 5.93. The van der Waals surface area contributed by atoms with E-state index in [9.17, 15) is 0 Å². The zero-order valence-corrected chi connectivity index (χ0v) is 14.1. The highest BCUT2D eigenvalue weighted by molar-refractivity contribution is 7.99. The lowest BCUT2D eigenvalue weighted by Gasteiger charge is -2.08. The first-order valence-electron chi connectivity index (χ1n) is 7.09. The summed E-state index contributed by atoms with van der Waals surface area (Å²) < 4.78 is 7.42. The molecule has 0 atom stereocenters. The molecule has 0 saturated carbocycles. The van der Waals surface area contributed by atoms with Gasteiger partial charge in [-0.25, -0.2) is 0 Å². The fraction of sp³-hybridized carbons (Fsp3) is 0.188. The van der Waals surface area contributed by atoms with Crippen LogP contribution < -0.4 is 4.74 Å². The van der Waals surface area contributed by atoms with Crippen molar-refractivity contribution >= 4 is 23.4 Å². The third-order valence-corrected chi connectivity index (χ3v) is 4.28. The molecule has 0 unspecified atom stereocenters. The first-order valence-corrected chi connectivity index (χ1v) is 8.46. The Morgan fingerprint density at radius 2 is 2.04 bits per heavy atom. The van der Waals surface area contributed by atoms with Gasteiger partial charge in [-0.15, -0.1) is 5.10 Å². The third kappa shape index (κ3) is 4.03. The van der Waals surface area contributed by atoms with E-state index in [1.165, 1.54) is 0 Å². The SMILES string of the molecule is Cc1ccccc1-n1nnnc1SCCOc1cccc(Cl)c1. The van der Waals surface area contributed by atoms with Crippen LogP contribution in [0, 0.1) is 6.92 Å². The van der Waals surface area contributed by atoms with E-state index in [1.54, 1.807) is 22.5 Å². The first kappa shape index (κ1) is 15.8. The molecule has 0 N–H and O–H groups in total. The Kier molecular flexibility index (Phi) is 5.15. The smallest absolute Gasteiger partial charge is 0.214 e. The number of halogens is 1. The zero-order valence-electron chi connectivity index (χ0n) is 12.5. The Hall–Kier alpha value is -2.05. The van der Waals surface area contributed by atoms with E-state index >= 15 is 0 Å². The number of aryl methyl sites for hydroxylation is 1. The lowest BCUT2D eigenvalue weighted by atomic mass is 10.2. The molecule has 0 aliphatic rings. The van der Waals surface area contributed by atoms with E-state index in [2.05, 4.69) is 15.5 Å². The Morgan fingerprint density at radius 3 is 2.87 bits per heavy atom. The standard InChI is InChI=1S/C16H15ClN4OS/c1-12-5-2-3-8-15(12)21-16(18-19-20-21)23-10-9-22-14-7-4-6-13(17)11-14/h2-8,11H,9-10H2,1H3. The fourth-order valence-electron chi connectivity index (χ4n) is 2.07. The molecule has 0 saturated heterocycles. The minimum Gasteiger partial charge on any atom is -0.493 e. The van der Waals surface area contributed by atoms with E-state index in [1.807, 2.05) is 49.4 Å². The molecular formula is C16H15ClN4OS. The highest BCUT2D eigenvalue weighted by atomic mass is 35.5. The minimum atomic E-state index is 0.547. The van der Waals surface area contributed by atoms with E-state index in [4.69, 9.17) is 16.3 Å². The fourth-order valence-corrected chi connectivity index (χ4v) is 2.95. The highest BCUT2D eigenvalue weighted by Gasteiger charge is 2.10. The molecule has 2 aromatic carbocycles. The number of rotatable bonds is 6. The number of benzene rings is 2. The number of nitrogens with zero attached hydrogens (tertiary/aromatic N) is 4. The Balaban J connectivity index is 1.60. The summed E-state index contributed by atoms with van der Waals surface area (Å²) in [5.41, 5.74) is 2.10. The second-order valence-corrected chi connectivity index (χ2v) is 6.31. The van der Waals surface area contributed by atoms with Crippen LogP contribution in [-0.4, -0.2) is 32.6 Å². The molecule has 3 rings (SSSR count). The normalized spacial score (nSPS) is 10.7. The van der Waals surface area contributed by atoms with Gasteiger partial charge in [0.1, 0.15) is 5.75 Å². The average molecular weight is 347 g/mol. The van der Waals surface area contributed by atoms with Gasteiger partial charge in [-0.2, -0.15) is 4.68 Å². The summed E-state index contributed by atoms with van der Waals surface area (Å²) in [5.74, 6) is 1.50. The van der Waals surface area contributed by atoms with Gasteiger partial charge in [0.05, 0.1) is 12.3 Å². The number of hydrogen-bond donors (Lipinski definition) is 0. The highest BCUT2D eigenvalue weighted by Crippen LogP contribution is 2.21. The van der Waals surface area contributed by atoms with Crippen LogP contribution in [-0.2, 0) is 0 Å². The van der Waals surface area contributed by atoms with Crippen LogP contribution in [0.15, 0.2) is 53.7 Å². The summed E-state index contributed by atoms with van der Waals surface area (Å²) >= 11 is 7.48. The first-order chi connectivity index (χ1) is 11.2. The van der Waals surface area contributed by atoms with Crippen molar-refractivity contribution in [1.29, 1.82) is 0 Å². The molecule has 118 valence electrons. The van der Waals surface area contributed by atoms with Gasteiger partial charge >= 0.3 is 0 Å². The van der Waals surface area contributed by atoms with Crippen LogP contribution in [0.4, 0.5) is 0 Å². The van der Waals surface area contributed by atoms with Crippen molar-refractivity contribution in [2.75, 3.05) is 12.4 Å². The predicted octanol–water partition coefficient (Wildman–Crippen LogP) is 3.80. The van der Waals surface area contributed by atoms with Gasteiger partial charge in [-0.3, -0.25) is 0 Å². The summed E-state index contributed by atoms with van der Waals surface area (Å²) in [5, 5.41) is 13.3. The molecule has 0 spiro atoms. The van der Waals surface area contributed by atoms with E-state index in [-0.39, 0.29) is 0 Å². The molecule has 7 heteroatoms. The molecule has 0 fully saturated rings. The molecule has 0 radical (unpaired) electrons. The van der Waals surface area contributed by atoms with Crippen LogP contribution in [0.2, 0.25) is 5.02 Å². The summed E-state index contributed by atoms with van der Waals surface area (Å²) in [6, 6.07) is 15.4. The topological polar surface area (TPSA) is 52.8 Å². The van der Waals surface area contributed by atoms with E-state index in [0.29, 0.717) is 11.6 Å². The van der Waals surface area contributed by atoms with Gasteiger partial charge in [0, 0.05) is 10.8 Å². The molecule has 0 aliphatic carbocycles. The summed E-state index contributed by atoms with van der Waals surface area (Å²) in [6.07, 6.45) is 0. The molecule has 3 aromatic rings. The van der Waals surface area contributed by atoms with Crippen molar-refractivity contribution in [3.05, 3.63) is 59.1 Å². The van der Waals surface area contributed by atoms with Crippen molar-refractivity contribution in [1.82, 2.24) is 20.2 Å². The molecule has 0 amide bonds. The minimum absolute atomic E-state index is 0.547. The maximum Gasteiger partial charge on any atom is 0.214 e. The van der Waals surface area contributed by atoms with Crippen LogP contribution in [0.5, 0.6) is 5.75 Å². The van der Waals surface area contributed by atoms with Crippen LogP contribution >= 0.6 is 23.4 Å². The Labute approximate surface area is 143 Å². The molecular weight excluding hydrogens is 332 g/mol. The number of tetrazole rings is 1. The zero-order chi connectivity index (χ0) is 16.1. The molecule has 5 nitrogen and oxygen atoms in total. The van der Waals surface area contributed by atoms with Gasteiger partial charge in [-0.05, 0) is 47.2 Å². The number of aromatic nitrogens is 4. The average Bonchev–Trinajstić information content (AvgIpc) is 3.00. The van der Waals surface area contributed by atoms with Crippen LogP contribution in [0.3, 0.4) is 0 Å². The third-order valence-electron chi connectivity index (χ3n) is 3.16. The van der Waals surface area contributed by atoms with E-state index < -0.39 is 0 Å². The van der Waals surface area contributed by atoms with Crippen molar-refractivity contribution < 1.29 is 4.74 Å². The van der Waals surface area contributed by atoms with Gasteiger partial charge in [0.25, 0.3) is 0 Å². The van der Waals surface area contributed by atoms with Crippen molar-refractivity contribution in [2.24, 2.45) is 0 Å². The number of thioether (sulfide) groups is 1. The lowest BCUT2D eigenvalue weighted by Crippen LogP contribution is -2.04. The molecule has 0 bridgehead atoms. The van der Waals surface area contributed by atoms with Gasteiger partial charge < -0.3 is 4.74 Å². The van der Waals surface area contributed by atoms with Gasteiger partial charge in [0.2, 0.25) is 5.16 Å². The molecule has 23 heavy (non-hydrogen) atoms. The van der Waals surface area contributed by atoms with Crippen LogP contribution in [0.1, 0.15) is 5.56 Å². The van der Waals surface area contributed by atoms with Gasteiger partial charge in [0.15, 0.2) is 0 Å². The molecule has 1 aromatic heterocycles. The summed E-state index contributed by atoms with van der Waals surface area (Å²) in [6.45, 7) is 2.58. The van der Waals surface area contributed by atoms with Crippen LogP contribution in [0.25, 0.3) is 5.69 Å². The maximum absolute atomic E-state index is 5.93. The monoisotopic (exact) mass is 346 g/mol. The largest absolute Gasteiger partial charge is 0.493 e. The van der Waals surface area contributed by atoms with Crippen molar-refractivity contribution in [3.63, 3.8) is 0 Å². The quantitative estimate of drug-likeness (QED) is 0.502. The van der Waals surface area contributed by atoms with Crippen molar-refractivity contribution in [2.45, 2.75) is 12.1 Å². The number of hydrogen-bond acceptors (Lipinski definition) is 5.